The number of pyridine rings is 1. The maximum Gasteiger partial charge on any atom is 2.00 e. The van der Waals surface area contributed by atoms with Crippen molar-refractivity contribution in [2.45, 2.75) is 79.6 Å². The Morgan fingerprint density at radius 3 is 2.38 bits per heavy atom. The van der Waals surface area contributed by atoms with Crippen molar-refractivity contribution in [2.75, 3.05) is 0 Å². The van der Waals surface area contributed by atoms with Crippen LogP contribution in [-0.2, 0) is 27.5 Å². The molecule has 50 heavy (non-hydrogen) atoms. The summed E-state index contributed by atoms with van der Waals surface area (Å²) in [6, 6.07) is 37.1. The summed E-state index contributed by atoms with van der Waals surface area (Å²) in [5, 5.41) is 7.32. The van der Waals surface area contributed by atoms with E-state index in [1.54, 1.807) is 0 Å². The number of rotatable bonds is 11. The van der Waals surface area contributed by atoms with Crippen molar-refractivity contribution in [3.8, 4) is 34.1 Å². The summed E-state index contributed by atoms with van der Waals surface area (Å²) in [5.74, 6) is 2.43. The molecule has 7 aromatic rings. The molecule has 0 aliphatic carbocycles. The zero-order valence-corrected chi connectivity index (χ0v) is 32.1. The molecule has 0 amide bonds. The Bertz CT molecular complexity index is 2260. The van der Waals surface area contributed by atoms with Crippen molar-refractivity contribution in [3.63, 3.8) is 0 Å². The zero-order chi connectivity index (χ0) is 34.1. The van der Waals surface area contributed by atoms with Crippen molar-refractivity contribution < 1.29 is 25.8 Å². The average Bonchev–Trinajstić information content (AvgIpc) is 3.59. The van der Waals surface area contributed by atoms with Gasteiger partial charge in [0.2, 0.25) is 0 Å². The Balaban J connectivity index is 0.00000432. The van der Waals surface area contributed by atoms with E-state index in [9.17, 15) is 0 Å². The molecule has 3 aromatic heterocycles. The second-order valence-electron chi connectivity index (χ2n) is 13.5. The summed E-state index contributed by atoms with van der Waals surface area (Å²) in [5.41, 5.74) is 11.0. The standard InChI is InChI=1S/C44H44N4O.Pt/c1-7-8-9-11-14-33-17-20-41-40(24-33)39-19-18-37(28-42(39)47(41)43-23-30(4)21-22-45-43)49-38-26-35(29(2)3)25-36(27-38)48-32(6)44(31(5)46-48)34-15-12-10-13-16-34;/h10,12-13,15-26,29H,7-9,11,14H2,1-6H3;/q-2;+2. The van der Waals surface area contributed by atoms with E-state index >= 15 is 0 Å². The fourth-order valence-electron chi connectivity index (χ4n) is 6.89. The molecule has 5 nitrogen and oxygen atoms in total. The second-order valence-corrected chi connectivity index (χ2v) is 13.5. The first-order valence-corrected chi connectivity index (χ1v) is 17.6. The summed E-state index contributed by atoms with van der Waals surface area (Å²) in [6.07, 6.45) is 7.97. The minimum atomic E-state index is 0. The van der Waals surface area contributed by atoms with Gasteiger partial charge < -0.3 is 9.30 Å². The van der Waals surface area contributed by atoms with Crippen molar-refractivity contribution in [1.82, 2.24) is 19.3 Å². The summed E-state index contributed by atoms with van der Waals surface area (Å²) in [6.45, 7) is 12.9. The fourth-order valence-corrected chi connectivity index (χ4v) is 6.89. The number of aryl methyl sites for hydroxylation is 3. The molecule has 0 N–H and O–H groups in total. The quantitative estimate of drug-likeness (QED) is 0.0963. The van der Waals surface area contributed by atoms with Crippen LogP contribution >= 0.6 is 0 Å². The summed E-state index contributed by atoms with van der Waals surface area (Å²) in [4.78, 5) is 4.79. The minimum Gasteiger partial charge on any atom is -0.509 e. The monoisotopic (exact) mass is 839 g/mol. The Morgan fingerprint density at radius 2 is 1.62 bits per heavy atom. The Labute approximate surface area is 310 Å². The molecule has 0 spiro atoms. The smallest absolute Gasteiger partial charge is 0.509 e. The van der Waals surface area contributed by atoms with Gasteiger partial charge in [-0.25, -0.2) is 4.98 Å². The molecular formula is C44H44N4OPt. The van der Waals surface area contributed by atoms with Crippen LogP contribution in [-0.4, -0.2) is 19.3 Å². The Morgan fingerprint density at radius 1 is 0.800 bits per heavy atom. The first kappa shape index (κ1) is 35.4. The van der Waals surface area contributed by atoms with Crippen molar-refractivity contribution in [1.29, 1.82) is 0 Å². The van der Waals surface area contributed by atoms with E-state index in [2.05, 4.69) is 125 Å². The third-order valence-electron chi connectivity index (χ3n) is 9.48. The van der Waals surface area contributed by atoms with Crippen LogP contribution in [0.1, 0.15) is 80.5 Å². The predicted molar refractivity (Wildman–Crippen MR) is 201 cm³/mol. The first-order valence-electron chi connectivity index (χ1n) is 17.6. The van der Waals surface area contributed by atoms with Crippen LogP contribution in [0.15, 0.2) is 91.1 Å². The molecule has 0 saturated heterocycles. The molecule has 4 aromatic carbocycles. The van der Waals surface area contributed by atoms with E-state index in [0.717, 1.165) is 68.0 Å². The molecule has 0 bridgehead atoms. The molecule has 0 unspecified atom stereocenters. The number of fused-ring (bicyclic) bond motifs is 3. The third kappa shape index (κ3) is 7.07. The van der Waals surface area contributed by atoms with E-state index < -0.39 is 0 Å². The number of ether oxygens (including phenoxy) is 1. The van der Waals surface area contributed by atoms with Gasteiger partial charge in [0, 0.05) is 34.5 Å². The van der Waals surface area contributed by atoms with Crippen LogP contribution < -0.4 is 4.74 Å². The van der Waals surface area contributed by atoms with Crippen LogP contribution in [0.4, 0.5) is 0 Å². The molecule has 0 saturated carbocycles. The first-order chi connectivity index (χ1) is 23.8. The molecular weight excluding hydrogens is 796 g/mol. The predicted octanol–water partition coefficient (Wildman–Crippen LogP) is 11.6. The van der Waals surface area contributed by atoms with Gasteiger partial charge in [0.1, 0.15) is 5.82 Å². The fraction of sp³-hybridized carbons (Fsp3) is 0.273. The van der Waals surface area contributed by atoms with Gasteiger partial charge >= 0.3 is 21.1 Å². The average molecular weight is 840 g/mol. The normalized spacial score (nSPS) is 11.4. The van der Waals surface area contributed by atoms with Gasteiger partial charge in [-0.3, -0.25) is 4.68 Å². The second kappa shape index (κ2) is 15.2. The molecule has 0 aliphatic heterocycles. The molecule has 0 atom stereocenters. The third-order valence-corrected chi connectivity index (χ3v) is 9.48. The summed E-state index contributed by atoms with van der Waals surface area (Å²) in [7, 11) is 0. The molecule has 0 aliphatic rings. The zero-order valence-electron chi connectivity index (χ0n) is 29.8. The van der Waals surface area contributed by atoms with Gasteiger partial charge in [0.05, 0.1) is 5.69 Å². The minimum absolute atomic E-state index is 0. The Kier molecular flexibility index (Phi) is 10.7. The van der Waals surface area contributed by atoms with Gasteiger partial charge in [-0.05, 0) is 85.5 Å². The molecule has 7 rings (SSSR count). The molecule has 0 radical (unpaired) electrons. The van der Waals surface area contributed by atoms with Crippen molar-refractivity contribution in [3.05, 3.63) is 131 Å². The van der Waals surface area contributed by atoms with E-state index in [4.69, 9.17) is 14.8 Å². The van der Waals surface area contributed by atoms with E-state index in [-0.39, 0.29) is 21.1 Å². The number of aromatic nitrogens is 4. The number of unbranched alkanes of at least 4 members (excludes halogenated alkanes) is 3. The van der Waals surface area contributed by atoms with Crippen LogP contribution in [0.3, 0.4) is 0 Å². The number of hydrogen-bond acceptors (Lipinski definition) is 3. The van der Waals surface area contributed by atoms with Gasteiger partial charge in [-0.15, -0.1) is 41.3 Å². The van der Waals surface area contributed by atoms with Gasteiger partial charge in [-0.1, -0.05) is 88.0 Å². The van der Waals surface area contributed by atoms with E-state index in [1.165, 1.54) is 36.6 Å². The molecule has 0 fully saturated rings. The molecule has 256 valence electrons. The van der Waals surface area contributed by atoms with Crippen molar-refractivity contribution in [2.24, 2.45) is 0 Å². The van der Waals surface area contributed by atoms with Crippen LogP contribution in [0.2, 0.25) is 0 Å². The number of benzene rings is 4. The molecule has 3 heterocycles. The van der Waals surface area contributed by atoms with Crippen LogP contribution in [0.25, 0.3) is 44.4 Å². The van der Waals surface area contributed by atoms with E-state index in [1.807, 2.05) is 29.1 Å². The molecule has 6 heteroatoms. The SMILES string of the molecule is CCCCCCc1ccc2c(c1)c1ccc(Oc3[c-]c(-n4nc(C)c(-c5ccccc5)c4C)cc(C(C)C)c3)[c-]c1n2-c1cc(C)ccn1.[Pt+2]. The summed E-state index contributed by atoms with van der Waals surface area (Å²) < 4.78 is 10.8. The summed E-state index contributed by atoms with van der Waals surface area (Å²) >= 11 is 0. The Hall–Kier alpha value is -4.47. The van der Waals surface area contributed by atoms with Crippen LogP contribution in [0, 0.1) is 32.9 Å². The van der Waals surface area contributed by atoms with Gasteiger partial charge in [0.15, 0.2) is 0 Å². The number of hydrogen-bond donors (Lipinski definition) is 0. The topological polar surface area (TPSA) is 44.9 Å². The van der Waals surface area contributed by atoms with Gasteiger partial charge in [-0.2, -0.15) is 11.2 Å². The maximum atomic E-state index is 6.63. The van der Waals surface area contributed by atoms with E-state index in [0.29, 0.717) is 17.4 Å². The van der Waals surface area contributed by atoms with Crippen molar-refractivity contribution >= 4 is 21.8 Å². The number of nitrogens with zero attached hydrogens (tertiary/aromatic N) is 4. The van der Waals surface area contributed by atoms with Crippen LogP contribution in [0.5, 0.6) is 11.5 Å². The van der Waals surface area contributed by atoms with Gasteiger partial charge in [0.25, 0.3) is 0 Å². The largest absolute Gasteiger partial charge is 2.00 e. The maximum absolute atomic E-state index is 6.63.